The minimum Gasteiger partial charge on any atom is -0.497 e. The molecule has 1 aromatic heterocycles. The summed E-state index contributed by atoms with van der Waals surface area (Å²) in [5.41, 5.74) is 1.66. The lowest BCUT2D eigenvalue weighted by Crippen LogP contribution is -2.20. The summed E-state index contributed by atoms with van der Waals surface area (Å²) in [5.74, 6) is 1.92. The fraction of sp³-hybridized carbons (Fsp3) is 0.333. The number of nitrogens with one attached hydrogen (secondary N) is 1. The van der Waals surface area contributed by atoms with Crippen molar-refractivity contribution in [3.63, 3.8) is 0 Å². The molecule has 21 heavy (non-hydrogen) atoms. The summed E-state index contributed by atoms with van der Waals surface area (Å²) in [6.07, 6.45) is 3.24. The zero-order chi connectivity index (χ0) is 15.2. The largest absolute Gasteiger partial charge is 0.497 e. The third-order valence-corrected chi connectivity index (χ3v) is 3.15. The van der Waals surface area contributed by atoms with Crippen LogP contribution in [-0.2, 0) is 0 Å². The van der Waals surface area contributed by atoms with Gasteiger partial charge in [0.1, 0.15) is 17.2 Å². The van der Waals surface area contributed by atoms with E-state index in [1.165, 1.54) is 0 Å². The van der Waals surface area contributed by atoms with Crippen molar-refractivity contribution in [2.24, 2.45) is 0 Å². The number of benzene rings is 1. The van der Waals surface area contributed by atoms with Gasteiger partial charge in [-0.2, -0.15) is 0 Å². The topological polar surface area (TPSA) is 65.5 Å². The molecule has 0 radical (unpaired) electrons. The van der Waals surface area contributed by atoms with Gasteiger partial charge in [-0.25, -0.2) is 4.98 Å². The molecule has 0 aliphatic rings. The SMILES string of the molecule is CNC(c1cc(OC)cc(OC)c1)c1nccnc1OC. The molecule has 0 amide bonds. The smallest absolute Gasteiger partial charge is 0.237 e. The molecule has 0 aliphatic heterocycles. The van der Waals surface area contributed by atoms with Gasteiger partial charge in [-0.3, -0.25) is 4.98 Å². The Morgan fingerprint density at radius 3 is 2.05 bits per heavy atom. The van der Waals surface area contributed by atoms with E-state index in [1.807, 2.05) is 25.2 Å². The maximum atomic E-state index is 5.31. The first-order valence-electron chi connectivity index (χ1n) is 6.48. The Hall–Kier alpha value is -2.34. The number of hydrogen-bond donors (Lipinski definition) is 1. The summed E-state index contributed by atoms with van der Waals surface area (Å²) < 4.78 is 15.9. The van der Waals surface area contributed by atoms with Crippen molar-refractivity contribution in [1.82, 2.24) is 15.3 Å². The van der Waals surface area contributed by atoms with Crippen molar-refractivity contribution in [1.29, 1.82) is 0 Å². The minimum absolute atomic E-state index is 0.183. The Bertz CT molecular complexity index is 582. The van der Waals surface area contributed by atoms with E-state index in [4.69, 9.17) is 14.2 Å². The van der Waals surface area contributed by atoms with Crippen LogP contribution in [0.1, 0.15) is 17.3 Å². The Morgan fingerprint density at radius 1 is 0.905 bits per heavy atom. The zero-order valence-electron chi connectivity index (χ0n) is 12.6. The fourth-order valence-electron chi connectivity index (χ4n) is 2.15. The van der Waals surface area contributed by atoms with Crippen molar-refractivity contribution in [2.45, 2.75) is 6.04 Å². The summed E-state index contributed by atoms with van der Waals surface area (Å²) in [7, 11) is 6.67. The maximum Gasteiger partial charge on any atom is 0.237 e. The van der Waals surface area contributed by atoms with Gasteiger partial charge < -0.3 is 19.5 Å². The molecule has 0 saturated carbocycles. The van der Waals surface area contributed by atoms with Gasteiger partial charge >= 0.3 is 0 Å². The number of ether oxygens (including phenoxy) is 3. The van der Waals surface area contributed by atoms with Crippen LogP contribution in [0.4, 0.5) is 0 Å². The van der Waals surface area contributed by atoms with E-state index in [9.17, 15) is 0 Å². The van der Waals surface area contributed by atoms with Crippen LogP contribution >= 0.6 is 0 Å². The minimum atomic E-state index is -0.183. The molecule has 2 rings (SSSR count). The molecular formula is C15H19N3O3. The number of aromatic nitrogens is 2. The second kappa shape index (κ2) is 6.90. The summed E-state index contributed by atoms with van der Waals surface area (Å²) in [6.45, 7) is 0. The van der Waals surface area contributed by atoms with Crippen LogP contribution < -0.4 is 19.5 Å². The van der Waals surface area contributed by atoms with Gasteiger partial charge in [0, 0.05) is 18.5 Å². The molecule has 0 aliphatic carbocycles. The first-order chi connectivity index (χ1) is 10.2. The van der Waals surface area contributed by atoms with Crippen molar-refractivity contribution in [3.05, 3.63) is 41.9 Å². The molecule has 0 fully saturated rings. The van der Waals surface area contributed by atoms with E-state index in [0.717, 1.165) is 5.56 Å². The molecule has 1 N–H and O–H groups in total. The van der Waals surface area contributed by atoms with Crippen molar-refractivity contribution in [3.8, 4) is 17.4 Å². The molecule has 2 aromatic rings. The van der Waals surface area contributed by atoms with Gasteiger partial charge in [0.25, 0.3) is 0 Å². The summed E-state index contributed by atoms with van der Waals surface area (Å²) in [6, 6.07) is 5.50. The van der Waals surface area contributed by atoms with Crippen LogP contribution in [-0.4, -0.2) is 38.3 Å². The maximum absolute atomic E-state index is 5.31. The second-order valence-electron chi connectivity index (χ2n) is 4.32. The van der Waals surface area contributed by atoms with Crippen molar-refractivity contribution in [2.75, 3.05) is 28.4 Å². The second-order valence-corrected chi connectivity index (χ2v) is 4.32. The highest BCUT2D eigenvalue weighted by atomic mass is 16.5. The number of nitrogens with zero attached hydrogens (tertiary/aromatic N) is 2. The first-order valence-corrected chi connectivity index (χ1v) is 6.48. The van der Waals surface area contributed by atoms with E-state index in [2.05, 4.69) is 15.3 Å². The predicted octanol–water partition coefficient (Wildman–Crippen LogP) is 1.81. The summed E-state index contributed by atoms with van der Waals surface area (Å²) in [5, 5.41) is 3.22. The van der Waals surface area contributed by atoms with Gasteiger partial charge in [-0.1, -0.05) is 0 Å². The van der Waals surface area contributed by atoms with Crippen LogP contribution in [0, 0.1) is 0 Å². The van der Waals surface area contributed by atoms with Gasteiger partial charge in [0.15, 0.2) is 0 Å². The molecule has 1 heterocycles. The number of methoxy groups -OCH3 is 3. The third kappa shape index (κ3) is 3.22. The number of rotatable bonds is 6. The Labute approximate surface area is 124 Å². The molecule has 0 saturated heterocycles. The average Bonchev–Trinajstić information content (AvgIpc) is 2.55. The van der Waals surface area contributed by atoms with Crippen molar-refractivity contribution < 1.29 is 14.2 Å². The quantitative estimate of drug-likeness (QED) is 0.875. The summed E-state index contributed by atoms with van der Waals surface area (Å²) >= 11 is 0. The molecule has 1 aromatic carbocycles. The molecule has 6 heteroatoms. The molecular weight excluding hydrogens is 270 g/mol. The van der Waals surface area contributed by atoms with Crippen LogP contribution in [0.5, 0.6) is 17.4 Å². The van der Waals surface area contributed by atoms with E-state index >= 15 is 0 Å². The molecule has 6 nitrogen and oxygen atoms in total. The van der Waals surface area contributed by atoms with Crippen molar-refractivity contribution >= 4 is 0 Å². The van der Waals surface area contributed by atoms with Gasteiger partial charge in [-0.05, 0) is 24.7 Å². The van der Waals surface area contributed by atoms with Crippen LogP contribution in [0.3, 0.4) is 0 Å². The third-order valence-electron chi connectivity index (χ3n) is 3.15. The molecule has 112 valence electrons. The standard InChI is InChI=1S/C15H19N3O3/c1-16-13(14-15(21-4)18-6-5-17-14)10-7-11(19-2)9-12(8-10)20-3/h5-9,13,16H,1-4H3. The van der Waals surface area contributed by atoms with Crippen LogP contribution in [0.25, 0.3) is 0 Å². The highest BCUT2D eigenvalue weighted by molar-refractivity contribution is 5.43. The lowest BCUT2D eigenvalue weighted by molar-refractivity contribution is 0.382. The van der Waals surface area contributed by atoms with Gasteiger partial charge in [-0.15, -0.1) is 0 Å². The van der Waals surface area contributed by atoms with Gasteiger partial charge in [0.2, 0.25) is 5.88 Å². The Kier molecular flexibility index (Phi) is 4.94. The summed E-state index contributed by atoms with van der Waals surface area (Å²) in [4.78, 5) is 8.57. The van der Waals surface area contributed by atoms with E-state index < -0.39 is 0 Å². The zero-order valence-corrected chi connectivity index (χ0v) is 12.6. The fourth-order valence-corrected chi connectivity index (χ4v) is 2.15. The first kappa shape index (κ1) is 15.1. The average molecular weight is 289 g/mol. The van der Waals surface area contributed by atoms with E-state index in [0.29, 0.717) is 23.1 Å². The molecule has 1 atom stereocenters. The van der Waals surface area contributed by atoms with E-state index in [-0.39, 0.29) is 6.04 Å². The van der Waals surface area contributed by atoms with E-state index in [1.54, 1.807) is 33.7 Å². The van der Waals surface area contributed by atoms with Gasteiger partial charge in [0.05, 0.1) is 27.4 Å². The van der Waals surface area contributed by atoms with Crippen LogP contribution in [0.2, 0.25) is 0 Å². The monoisotopic (exact) mass is 289 g/mol. The Balaban J connectivity index is 2.50. The van der Waals surface area contributed by atoms with Crippen LogP contribution in [0.15, 0.2) is 30.6 Å². The molecule has 0 bridgehead atoms. The molecule has 0 spiro atoms. The number of hydrogen-bond acceptors (Lipinski definition) is 6. The normalized spacial score (nSPS) is 11.8. The predicted molar refractivity (Wildman–Crippen MR) is 79.0 cm³/mol. The highest BCUT2D eigenvalue weighted by Gasteiger charge is 2.20. The highest BCUT2D eigenvalue weighted by Crippen LogP contribution is 2.31. The molecule has 1 unspecified atom stereocenters. The lowest BCUT2D eigenvalue weighted by Gasteiger charge is -2.19. The Morgan fingerprint density at radius 2 is 1.52 bits per heavy atom. The lowest BCUT2D eigenvalue weighted by atomic mass is 10.0.